The molecule has 4 nitrogen and oxygen atoms in total. The molecule has 0 bridgehead atoms. The van der Waals surface area contributed by atoms with Crippen molar-refractivity contribution in [2.45, 2.75) is 40.0 Å². The molecule has 5 heteroatoms. The molecule has 1 saturated heterocycles. The molecular weight excluding hydrogens is 355 g/mol. The molecule has 3 rings (SSSR count). The van der Waals surface area contributed by atoms with E-state index in [2.05, 4.69) is 4.90 Å². The highest BCUT2D eigenvalue weighted by molar-refractivity contribution is 5.95. The van der Waals surface area contributed by atoms with Crippen LogP contribution in [0, 0.1) is 25.6 Å². The first-order chi connectivity index (χ1) is 13.5. The summed E-state index contributed by atoms with van der Waals surface area (Å²) in [6, 6.07) is 8.70. The third kappa shape index (κ3) is 5.22. The average molecular weight is 387 g/mol. The first kappa shape index (κ1) is 20.6. The van der Waals surface area contributed by atoms with Gasteiger partial charge in [-0.1, -0.05) is 12.1 Å². The number of benzene rings is 1. The van der Waals surface area contributed by atoms with E-state index in [1.807, 2.05) is 37.8 Å². The van der Waals surface area contributed by atoms with Gasteiger partial charge in [0.2, 0.25) is 0 Å². The zero-order valence-corrected chi connectivity index (χ0v) is 17.2. The van der Waals surface area contributed by atoms with E-state index >= 15 is 0 Å². The zero-order valence-electron chi connectivity index (χ0n) is 17.2. The number of hydrogen-bond acceptors (Lipinski definition) is 3. The maximum Gasteiger partial charge on any atom is 0.257 e. The van der Waals surface area contributed by atoms with Crippen LogP contribution in [0.1, 0.15) is 47.2 Å². The van der Waals surface area contributed by atoms with E-state index < -0.39 is 0 Å². The molecule has 1 aliphatic heterocycles. The van der Waals surface area contributed by atoms with Crippen LogP contribution in [0.5, 0.6) is 0 Å². The van der Waals surface area contributed by atoms with Gasteiger partial charge in [0.1, 0.15) is 17.3 Å². The van der Waals surface area contributed by atoms with Crippen molar-refractivity contribution in [3.05, 3.63) is 58.8 Å². The summed E-state index contributed by atoms with van der Waals surface area (Å²) in [5, 5.41) is 0. The van der Waals surface area contributed by atoms with Gasteiger partial charge in [-0.2, -0.15) is 0 Å². The average Bonchev–Trinajstić information content (AvgIpc) is 3.02. The van der Waals surface area contributed by atoms with E-state index in [4.69, 9.17) is 4.42 Å². The SMILES string of the molecule is CCN(C[C@@H]1CCCN(CCc2cccc(F)c2)C1)C(=O)c1cc(C)oc1C. The molecule has 0 radical (unpaired) electrons. The van der Waals surface area contributed by atoms with Crippen molar-refractivity contribution in [2.75, 3.05) is 32.7 Å². The molecule has 1 atom stereocenters. The number of piperidine rings is 1. The molecule has 0 spiro atoms. The number of furan rings is 1. The Morgan fingerprint density at radius 2 is 2.14 bits per heavy atom. The molecule has 0 N–H and O–H groups in total. The smallest absolute Gasteiger partial charge is 0.257 e. The molecule has 2 aromatic rings. The number of aryl methyl sites for hydroxylation is 2. The van der Waals surface area contributed by atoms with E-state index in [9.17, 15) is 9.18 Å². The molecule has 1 aromatic heterocycles. The van der Waals surface area contributed by atoms with Crippen LogP contribution in [0.4, 0.5) is 4.39 Å². The molecule has 1 fully saturated rings. The number of halogens is 1. The van der Waals surface area contributed by atoms with E-state index in [1.54, 1.807) is 12.1 Å². The predicted octanol–water partition coefficient (Wildman–Crippen LogP) is 4.45. The van der Waals surface area contributed by atoms with Gasteiger partial charge in [-0.15, -0.1) is 0 Å². The number of likely N-dealkylation sites (tertiary alicyclic amines) is 1. The van der Waals surface area contributed by atoms with Crippen LogP contribution in [0.15, 0.2) is 34.7 Å². The normalized spacial score (nSPS) is 17.6. The first-order valence-corrected chi connectivity index (χ1v) is 10.3. The Kier molecular flexibility index (Phi) is 6.89. The van der Waals surface area contributed by atoms with Crippen LogP contribution in [0.3, 0.4) is 0 Å². The lowest BCUT2D eigenvalue weighted by atomic mass is 9.96. The van der Waals surface area contributed by atoms with Crippen LogP contribution < -0.4 is 0 Å². The lowest BCUT2D eigenvalue weighted by Crippen LogP contribution is -2.43. The van der Waals surface area contributed by atoms with Gasteiger partial charge in [0, 0.05) is 26.2 Å². The summed E-state index contributed by atoms with van der Waals surface area (Å²) in [6.07, 6.45) is 3.14. The van der Waals surface area contributed by atoms with E-state index in [1.165, 1.54) is 6.07 Å². The summed E-state index contributed by atoms with van der Waals surface area (Å²) in [5.74, 6) is 1.84. The first-order valence-electron chi connectivity index (χ1n) is 10.3. The monoisotopic (exact) mass is 386 g/mol. The van der Waals surface area contributed by atoms with Crippen LogP contribution >= 0.6 is 0 Å². The molecule has 152 valence electrons. The Morgan fingerprint density at radius 3 is 2.82 bits per heavy atom. The topological polar surface area (TPSA) is 36.7 Å². The van der Waals surface area contributed by atoms with Crippen molar-refractivity contribution in [1.82, 2.24) is 9.80 Å². The Bertz CT molecular complexity index is 802. The number of carbonyl (C=O) groups excluding carboxylic acids is 1. The highest BCUT2D eigenvalue weighted by atomic mass is 19.1. The van der Waals surface area contributed by atoms with Gasteiger partial charge >= 0.3 is 0 Å². The zero-order chi connectivity index (χ0) is 20.1. The van der Waals surface area contributed by atoms with E-state index in [0.29, 0.717) is 23.8 Å². The Hall–Kier alpha value is -2.14. The number of nitrogens with zero attached hydrogens (tertiary/aromatic N) is 2. The molecule has 0 unspecified atom stereocenters. The van der Waals surface area contributed by atoms with Crippen molar-refractivity contribution in [3.63, 3.8) is 0 Å². The fourth-order valence-electron chi connectivity index (χ4n) is 4.16. The van der Waals surface area contributed by atoms with Crippen molar-refractivity contribution >= 4 is 5.91 Å². The van der Waals surface area contributed by atoms with Gasteiger partial charge in [0.15, 0.2) is 0 Å². The van der Waals surface area contributed by atoms with Crippen molar-refractivity contribution in [2.24, 2.45) is 5.92 Å². The minimum Gasteiger partial charge on any atom is -0.466 e. The van der Waals surface area contributed by atoms with Crippen LogP contribution in [0.2, 0.25) is 0 Å². The summed E-state index contributed by atoms with van der Waals surface area (Å²) < 4.78 is 18.9. The van der Waals surface area contributed by atoms with E-state index in [-0.39, 0.29) is 11.7 Å². The van der Waals surface area contributed by atoms with Gasteiger partial charge in [-0.25, -0.2) is 4.39 Å². The number of carbonyl (C=O) groups is 1. The van der Waals surface area contributed by atoms with Gasteiger partial charge in [-0.05, 0) is 76.3 Å². The lowest BCUT2D eigenvalue weighted by molar-refractivity contribution is 0.0689. The molecule has 28 heavy (non-hydrogen) atoms. The molecule has 1 amide bonds. The summed E-state index contributed by atoms with van der Waals surface area (Å²) in [5.41, 5.74) is 1.72. The van der Waals surface area contributed by atoms with Gasteiger partial charge in [0.25, 0.3) is 5.91 Å². The highest BCUT2D eigenvalue weighted by Crippen LogP contribution is 2.21. The molecule has 1 aliphatic rings. The van der Waals surface area contributed by atoms with Crippen LogP contribution in [0.25, 0.3) is 0 Å². The second-order valence-corrected chi connectivity index (χ2v) is 7.86. The van der Waals surface area contributed by atoms with Gasteiger partial charge < -0.3 is 14.2 Å². The molecular formula is C23H31FN2O2. The maximum atomic E-state index is 13.4. The Morgan fingerprint density at radius 1 is 1.32 bits per heavy atom. The van der Waals surface area contributed by atoms with Crippen molar-refractivity contribution < 1.29 is 13.6 Å². The number of amides is 1. The standard InChI is InChI=1S/C23H31FN2O2/c1-4-26(23(27)22-13-17(2)28-18(22)3)16-20-8-6-11-25(15-20)12-10-19-7-5-9-21(24)14-19/h5,7,9,13-14,20H,4,6,8,10-12,15-16H2,1-3H3/t20-/m1/s1. The molecule has 0 aliphatic carbocycles. The molecule has 2 heterocycles. The second kappa shape index (κ2) is 9.37. The van der Waals surface area contributed by atoms with Gasteiger partial charge in [-0.3, -0.25) is 4.79 Å². The third-order valence-electron chi connectivity index (χ3n) is 5.63. The maximum absolute atomic E-state index is 13.4. The van der Waals surface area contributed by atoms with Crippen LogP contribution in [-0.2, 0) is 6.42 Å². The minimum atomic E-state index is -0.170. The summed E-state index contributed by atoms with van der Waals surface area (Å²) in [6.45, 7) is 10.2. The Balaban J connectivity index is 1.55. The highest BCUT2D eigenvalue weighted by Gasteiger charge is 2.25. The third-order valence-corrected chi connectivity index (χ3v) is 5.63. The van der Waals surface area contributed by atoms with Crippen LogP contribution in [-0.4, -0.2) is 48.4 Å². The van der Waals surface area contributed by atoms with Crippen molar-refractivity contribution in [1.29, 1.82) is 0 Å². The number of hydrogen-bond donors (Lipinski definition) is 0. The molecule has 1 aromatic carbocycles. The molecule has 0 saturated carbocycles. The summed E-state index contributed by atoms with van der Waals surface area (Å²) >= 11 is 0. The second-order valence-electron chi connectivity index (χ2n) is 7.86. The van der Waals surface area contributed by atoms with E-state index in [0.717, 1.165) is 56.8 Å². The largest absolute Gasteiger partial charge is 0.466 e. The predicted molar refractivity (Wildman–Crippen MR) is 109 cm³/mol. The quantitative estimate of drug-likeness (QED) is 0.705. The van der Waals surface area contributed by atoms with Gasteiger partial charge in [0.05, 0.1) is 5.56 Å². The Labute approximate surface area is 167 Å². The minimum absolute atomic E-state index is 0.0636. The fraction of sp³-hybridized carbons (Fsp3) is 0.522. The summed E-state index contributed by atoms with van der Waals surface area (Å²) in [4.78, 5) is 17.3. The number of rotatable bonds is 7. The summed E-state index contributed by atoms with van der Waals surface area (Å²) in [7, 11) is 0. The van der Waals surface area contributed by atoms with Crippen molar-refractivity contribution in [3.8, 4) is 0 Å². The lowest BCUT2D eigenvalue weighted by Gasteiger charge is -2.35. The fourth-order valence-corrected chi connectivity index (χ4v) is 4.16.